The molecule has 0 fully saturated rings. The lowest BCUT2D eigenvalue weighted by Gasteiger charge is -2.21. The highest BCUT2D eigenvalue weighted by Crippen LogP contribution is 2.34. The van der Waals surface area contributed by atoms with Crippen LogP contribution in [-0.2, 0) is 6.18 Å². The van der Waals surface area contributed by atoms with E-state index < -0.39 is 28.7 Å². The number of aromatic nitrogens is 6. The van der Waals surface area contributed by atoms with Gasteiger partial charge in [-0.2, -0.15) is 13.2 Å². The SMILES string of the molecule is CC(Nc1ncnc2nc[nH]c12)c1nc2cccc(C(F)(F)F)c2c(=O)n1-c1cccc(Cl)c1. The largest absolute Gasteiger partial charge is 0.417 e. The van der Waals surface area contributed by atoms with Gasteiger partial charge in [0.2, 0.25) is 0 Å². The number of anilines is 1. The molecule has 0 aliphatic heterocycles. The second kappa shape index (κ2) is 8.10. The molecule has 3 aromatic heterocycles. The number of nitrogens with one attached hydrogen (secondary N) is 2. The number of halogens is 4. The first-order valence-corrected chi connectivity index (χ1v) is 10.4. The average Bonchev–Trinajstić information content (AvgIpc) is 3.28. The molecule has 0 radical (unpaired) electrons. The second-order valence-electron chi connectivity index (χ2n) is 7.48. The number of hydrogen-bond donors (Lipinski definition) is 2. The third kappa shape index (κ3) is 3.73. The highest BCUT2D eigenvalue weighted by Gasteiger charge is 2.35. The zero-order chi connectivity index (χ0) is 24.0. The Kier molecular flexibility index (Phi) is 5.20. The maximum absolute atomic E-state index is 13.7. The molecule has 3 heterocycles. The first-order valence-electron chi connectivity index (χ1n) is 10.0. The molecule has 2 aromatic carbocycles. The summed E-state index contributed by atoms with van der Waals surface area (Å²) in [5.74, 6) is 0.566. The number of H-pyrrole nitrogens is 1. The van der Waals surface area contributed by atoms with E-state index in [-0.39, 0.29) is 17.0 Å². The summed E-state index contributed by atoms with van der Waals surface area (Å²) < 4.78 is 42.3. The van der Waals surface area contributed by atoms with Crippen LogP contribution in [0.5, 0.6) is 0 Å². The highest BCUT2D eigenvalue weighted by atomic mass is 35.5. The standard InChI is InChI=1S/C22H15ClF3N7O/c1-11(31-19-17-18(28-9-27-17)29-10-30-19)20-32-15-7-3-6-14(22(24,25)26)16(15)21(34)33(20)13-5-2-4-12(23)8-13/h2-11H,1H3,(H2,27,28,29,30,31). The number of hydrogen-bond acceptors (Lipinski definition) is 6. The lowest BCUT2D eigenvalue weighted by Crippen LogP contribution is -2.29. The van der Waals surface area contributed by atoms with Crippen molar-refractivity contribution in [2.45, 2.75) is 19.1 Å². The van der Waals surface area contributed by atoms with Gasteiger partial charge >= 0.3 is 6.18 Å². The number of benzene rings is 2. The van der Waals surface area contributed by atoms with Gasteiger partial charge in [-0.3, -0.25) is 9.36 Å². The van der Waals surface area contributed by atoms with Crippen molar-refractivity contribution in [2.75, 3.05) is 5.32 Å². The van der Waals surface area contributed by atoms with Crippen LogP contribution >= 0.6 is 11.6 Å². The molecule has 0 bridgehead atoms. The molecule has 12 heteroatoms. The molecule has 0 saturated heterocycles. The molecular weight excluding hydrogens is 471 g/mol. The molecule has 0 aliphatic rings. The van der Waals surface area contributed by atoms with Gasteiger partial charge in [0.1, 0.15) is 17.7 Å². The Bertz CT molecular complexity index is 1600. The van der Waals surface area contributed by atoms with E-state index in [4.69, 9.17) is 11.6 Å². The maximum atomic E-state index is 13.7. The number of nitrogens with zero attached hydrogens (tertiary/aromatic N) is 5. The molecule has 172 valence electrons. The molecule has 1 unspecified atom stereocenters. The fourth-order valence-electron chi connectivity index (χ4n) is 3.78. The quantitative estimate of drug-likeness (QED) is 0.375. The molecule has 5 rings (SSSR count). The van der Waals surface area contributed by atoms with Crippen molar-refractivity contribution < 1.29 is 13.2 Å². The normalized spacial score (nSPS) is 12.9. The van der Waals surface area contributed by atoms with E-state index in [0.29, 0.717) is 22.0 Å². The van der Waals surface area contributed by atoms with Crippen LogP contribution in [0.2, 0.25) is 5.02 Å². The molecule has 0 amide bonds. The van der Waals surface area contributed by atoms with Crippen molar-refractivity contribution >= 4 is 39.5 Å². The molecule has 1 atom stereocenters. The molecule has 0 aliphatic carbocycles. The second-order valence-corrected chi connectivity index (χ2v) is 7.91. The summed E-state index contributed by atoms with van der Waals surface area (Å²) in [5.41, 5.74) is -0.749. The van der Waals surface area contributed by atoms with Crippen LogP contribution in [0.1, 0.15) is 24.4 Å². The molecule has 0 spiro atoms. The van der Waals surface area contributed by atoms with Crippen LogP contribution in [0.25, 0.3) is 27.8 Å². The van der Waals surface area contributed by atoms with Crippen molar-refractivity contribution in [2.24, 2.45) is 0 Å². The van der Waals surface area contributed by atoms with Crippen molar-refractivity contribution in [1.82, 2.24) is 29.5 Å². The predicted octanol–water partition coefficient (Wildman–Crippen LogP) is 4.90. The molecular formula is C22H15ClF3N7O. The molecule has 34 heavy (non-hydrogen) atoms. The van der Waals surface area contributed by atoms with E-state index in [0.717, 1.165) is 10.6 Å². The lowest BCUT2D eigenvalue weighted by molar-refractivity contribution is -0.136. The smallest absolute Gasteiger partial charge is 0.358 e. The van der Waals surface area contributed by atoms with Gasteiger partial charge in [0.25, 0.3) is 5.56 Å². The molecule has 0 saturated carbocycles. The Labute approximate surface area is 194 Å². The van der Waals surface area contributed by atoms with Crippen LogP contribution in [0.3, 0.4) is 0 Å². The van der Waals surface area contributed by atoms with Crippen LogP contribution in [0.15, 0.2) is 59.9 Å². The minimum absolute atomic E-state index is 0.0730. The summed E-state index contributed by atoms with van der Waals surface area (Å²) in [6, 6.07) is 9.07. The zero-order valence-corrected chi connectivity index (χ0v) is 18.2. The molecule has 8 nitrogen and oxygen atoms in total. The van der Waals surface area contributed by atoms with E-state index in [2.05, 4.69) is 30.2 Å². The first kappa shape index (κ1) is 21.8. The van der Waals surface area contributed by atoms with Crippen molar-refractivity contribution in [3.05, 3.63) is 81.9 Å². The Morgan fingerprint density at radius 1 is 1.12 bits per heavy atom. The fraction of sp³-hybridized carbons (Fsp3) is 0.136. The van der Waals surface area contributed by atoms with Gasteiger partial charge in [-0.05, 0) is 37.3 Å². The average molecular weight is 486 g/mol. The van der Waals surface area contributed by atoms with Gasteiger partial charge in [-0.15, -0.1) is 0 Å². The Morgan fingerprint density at radius 2 is 1.91 bits per heavy atom. The van der Waals surface area contributed by atoms with Gasteiger partial charge < -0.3 is 10.3 Å². The maximum Gasteiger partial charge on any atom is 0.417 e. The van der Waals surface area contributed by atoms with Crippen LogP contribution < -0.4 is 10.9 Å². The highest BCUT2D eigenvalue weighted by molar-refractivity contribution is 6.30. The Morgan fingerprint density at radius 3 is 2.68 bits per heavy atom. The Balaban J connectivity index is 1.76. The lowest BCUT2D eigenvalue weighted by atomic mass is 10.1. The van der Waals surface area contributed by atoms with Crippen molar-refractivity contribution in [3.8, 4) is 5.69 Å². The fourth-order valence-corrected chi connectivity index (χ4v) is 3.97. The number of aromatic amines is 1. The summed E-state index contributed by atoms with van der Waals surface area (Å²) in [5, 5.41) is 2.94. The molecule has 2 N–H and O–H groups in total. The zero-order valence-electron chi connectivity index (χ0n) is 17.4. The molecule has 5 aromatic rings. The van der Waals surface area contributed by atoms with Crippen LogP contribution in [0.4, 0.5) is 19.0 Å². The van der Waals surface area contributed by atoms with Crippen LogP contribution in [-0.4, -0.2) is 29.5 Å². The third-order valence-electron chi connectivity index (χ3n) is 5.26. The summed E-state index contributed by atoms with van der Waals surface area (Å²) in [4.78, 5) is 33.3. The minimum Gasteiger partial charge on any atom is -0.358 e. The van der Waals surface area contributed by atoms with Crippen molar-refractivity contribution in [3.63, 3.8) is 0 Å². The third-order valence-corrected chi connectivity index (χ3v) is 5.49. The Hall–Kier alpha value is -3.99. The summed E-state index contributed by atoms with van der Waals surface area (Å²) in [7, 11) is 0. The van der Waals surface area contributed by atoms with Crippen LogP contribution in [0, 0.1) is 0 Å². The number of fused-ring (bicyclic) bond motifs is 2. The van der Waals surface area contributed by atoms with Gasteiger partial charge in [-0.1, -0.05) is 23.7 Å². The van der Waals surface area contributed by atoms with Gasteiger partial charge in [-0.25, -0.2) is 19.9 Å². The van der Waals surface area contributed by atoms with Crippen molar-refractivity contribution in [1.29, 1.82) is 0 Å². The van der Waals surface area contributed by atoms with Gasteiger partial charge in [0.15, 0.2) is 11.5 Å². The van der Waals surface area contributed by atoms with Gasteiger partial charge in [0.05, 0.1) is 34.5 Å². The topological polar surface area (TPSA) is 101 Å². The van der Waals surface area contributed by atoms with E-state index in [1.54, 1.807) is 25.1 Å². The predicted molar refractivity (Wildman–Crippen MR) is 121 cm³/mol. The first-order chi connectivity index (χ1) is 16.2. The van der Waals surface area contributed by atoms with E-state index >= 15 is 0 Å². The van der Waals surface area contributed by atoms with E-state index in [9.17, 15) is 18.0 Å². The van der Waals surface area contributed by atoms with E-state index in [1.807, 2.05) is 0 Å². The summed E-state index contributed by atoms with van der Waals surface area (Å²) in [6.45, 7) is 1.71. The number of rotatable bonds is 4. The van der Waals surface area contributed by atoms with Gasteiger partial charge in [0, 0.05) is 5.02 Å². The monoisotopic (exact) mass is 485 g/mol. The summed E-state index contributed by atoms with van der Waals surface area (Å²) >= 11 is 6.12. The van der Waals surface area contributed by atoms with E-state index in [1.165, 1.54) is 30.9 Å². The minimum atomic E-state index is -4.73. The number of alkyl halides is 3. The summed E-state index contributed by atoms with van der Waals surface area (Å²) in [6.07, 6.45) is -1.94. The number of imidazole rings is 1.